The van der Waals surface area contributed by atoms with E-state index in [1.165, 1.54) is 0 Å². The van der Waals surface area contributed by atoms with Gasteiger partial charge in [0, 0.05) is 19.0 Å². The van der Waals surface area contributed by atoms with Crippen molar-refractivity contribution in [1.82, 2.24) is 10.2 Å². The third-order valence-corrected chi connectivity index (χ3v) is 4.50. The molecule has 2 atom stereocenters. The van der Waals surface area contributed by atoms with E-state index in [0.717, 1.165) is 37.1 Å². The fraction of sp³-hybridized carbons (Fsp3) is 0.611. The van der Waals surface area contributed by atoms with Gasteiger partial charge in [0.1, 0.15) is 12.4 Å². The molecule has 5 nitrogen and oxygen atoms in total. The highest BCUT2D eigenvalue weighted by atomic mass is 35.5. The van der Waals surface area contributed by atoms with Crippen LogP contribution in [0.5, 0.6) is 5.75 Å². The quantitative estimate of drug-likeness (QED) is 0.713. The van der Waals surface area contributed by atoms with Crippen molar-refractivity contribution in [2.24, 2.45) is 17.6 Å². The lowest BCUT2D eigenvalue weighted by atomic mass is 9.95. The standard InChI is InChI=1S/C18H29N3O2.2ClH/c1-21(2)10-11-23-16-8-6-14(7-9-16)13-20-18(22)17-5-3-4-15(17)12-19;;/h6-9,15,17H,3-5,10-13,19H2,1-2H3,(H,20,22);2*1H/t15-,17-;;/m1../s1. The molecule has 1 aliphatic carbocycles. The number of nitrogens with one attached hydrogen (secondary N) is 1. The second kappa shape index (κ2) is 12.4. The lowest BCUT2D eigenvalue weighted by Crippen LogP contribution is -2.34. The molecule has 7 heteroatoms. The topological polar surface area (TPSA) is 67.6 Å². The second-order valence-electron chi connectivity index (χ2n) is 6.55. The predicted molar refractivity (Wildman–Crippen MR) is 107 cm³/mol. The summed E-state index contributed by atoms with van der Waals surface area (Å²) in [6, 6.07) is 7.91. The van der Waals surface area contributed by atoms with Crippen LogP contribution in [0.2, 0.25) is 0 Å². The highest BCUT2D eigenvalue weighted by Crippen LogP contribution is 2.31. The molecule has 0 unspecified atom stereocenters. The molecule has 0 aromatic heterocycles. The van der Waals surface area contributed by atoms with Crippen LogP contribution in [0.15, 0.2) is 24.3 Å². The van der Waals surface area contributed by atoms with Gasteiger partial charge < -0.3 is 20.7 Å². The summed E-state index contributed by atoms with van der Waals surface area (Å²) in [6.07, 6.45) is 3.15. The Kier molecular flexibility index (Phi) is 11.9. The number of nitrogens with two attached hydrogens (primary N) is 1. The third kappa shape index (κ3) is 7.82. The molecule has 1 aromatic carbocycles. The van der Waals surface area contributed by atoms with Gasteiger partial charge in [-0.25, -0.2) is 0 Å². The second-order valence-corrected chi connectivity index (χ2v) is 6.55. The van der Waals surface area contributed by atoms with E-state index in [-0.39, 0.29) is 36.6 Å². The Morgan fingerprint density at radius 3 is 2.52 bits per heavy atom. The van der Waals surface area contributed by atoms with E-state index >= 15 is 0 Å². The summed E-state index contributed by atoms with van der Waals surface area (Å²) < 4.78 is 5.66. The number of halogens is 2. The molecule has 0 radical (unpaired) electrons. The maximum atomic E-state index is 12.3. The smallest absolute Gasteiger partial charge is 0.223 e. The molecule has 1 aliphatic rings. The van der Waals surface area contributed by atoms with Gasteiger partial charge in [-0.05, 0) is 57.1 Å². The fourth-order valence-corrected chi connectivity index (χ4v) is 3.03. The summed E-state index contributed by atoms with van der Waals surface area (Å²) in [4.78, 5) is 14.3. The number of benzene rings is 1. The number of ether oxygens (including phenoxy) is 1. The zero-order valence-electron chi connectivity index (χ0n) is 15.1. The van der Waals surface area contributed by atoms with E-state index in [1.807, 2.05) is 38.4 Å². The zero-order chi connectivity index (χ0) is 16.7. The van der Waals surface area contributed by atoms with Crippen LogP contribution in [-0.4, -0.2) is 44.6 Å². The number of carbonyl (C=O) groups is 1. The Hall–Kier alpha value is -1.01. The molecule has 0 heterocycles. The largest absolute Gasteiger partial charge is 0.492 e. The summed E-state index contributed by atoms with van der Waals surface area (Å²) in [5.74, 6) is 1.45. The van der Waals surface area contributed by atoms with Crippen molar-refractivity contribution in [3.05, 3.63) is 29.8 Å². The molecular weight excluding hydrogens is 361 g/mol. The van der Waals surface area contributed by atoms with Gasteiger partial charge in [-0.15, -0.1) is 24.8 Å². The maximum absolute atomic E-state index is 12.3. The lowest BCUT2D eigenvalue weighted by molar-refractivity contribution is -0.126. The van der Waals surface area contributed by atoms with E-state index in [0.29, 0.717) is 25.6 Å². The summed E-state index contributed by atoms with van der Waals surface area (Å²) in [6.45, 7) is 2.73. The minimum Gasteiger partial charge on any atom is -0.492 e. The highest BCUT2D eigenvalue weighted by Gasteiger charge is 2.31. The Labute approximate surface area is 163 Å². The molecular formula is C18H31Cl2N3O2. The lowest BCUT2D eigenvalue weighted by Gasteiger charge is -2.17. The van der Waals surface area contributed by atoms with E-state index in [4.69, 9.17) is 10.5 Å². The van der Waals surface area contributed by atoms with Crippen molar-refractivity contribution in [2.75, 3.05) is 33.8 Å². The van der Waals surface area contributed by atoms with Crippen molar-refractivity contribution < 1.29 is 9.53 Å². The molecule has 144 valence electrons. The van der Waals surface area contributed by atoms with Crippen LogP contribution in [0.3, 0.4) is 0 Å². The minimum absolute atomic E-state index is 0. The van der Waals surface area contributed by atoms with Gasteiger partial charge in [0.05, 0.1) is 0 Å². The summed E-state index contributed by atoms with van der Waals surface area (Å²) in [7, 11) is 4.05. The van der Waals surface area contributed by atoms with Crippen molar-refractivity contribution in [3.8, 4) is 5.75 Å². The van der Waals surface area contributed by atoms with Crippen LogP contribution >= 0.6 is 24.8 Å². The minimum atomic E-state index is 0. The number of likely N-dealkylation sites (N-methyl/N-ethyl adjacent to an activating group) is 1. The van der Waals surface area contributed by atoms with Crippen molar-refractivity contribution in [3.63, 3.8) is 0 Å². The molecule has 3 N–H and O–H groups in total. The average molecular weight is 392 g/mol. The molecule has 0 spiro atoms. The first-order valence-corrected chi connectivity index (χ1v) is 8.44. The van der Waals surface area contributed by atoms with Crippen LogP contribution in [0.1, 0.15) is 24.8 Å². The number of carbonyl (C=O) groups excluding carboxylic acids is 1. The van der Waals surface area contributed by atoms with Crippen LogP contribution < -0.4 is 15.8 Å². The first-order valence-electron chi connectivity index (χ1n) is 8.44. The van der Waals surface area contributed by atoms with Gasteiger partial charge >= 0.3 is 0 Å². The van der Waals surface area contributed by atoms with E-state index in [1.54, 1.807) is 0 Å². The maximum Gasteiger partial charge on any atom is 0.223 e. The predicted octanol–water partition coefficient (Wildman–Crippen LogP) is 2.46. The summed E-state index contributed by atoms with van der Waals surface area (Å²) in [5, 5.41) is 3.04. The zero-order valence-corrected chi connectivity index (χ0v) is 16.7. The van der Waals surface area contributed by atoms with Crippen LogP contribution in [0.25, 0.3) is 0 Å². The first kappa shape index (κ1) is 24.0. The van der Waals surface area contributed by atoms with E-state index in [9.17, 15) is 4.79 Å². The third-order valence-electron chi connectivity index (χ3n) is 4.50. The van der Waals surface area contributed by atoms with Gasteiger partial charge in [-0.1, -0.05) is 18.6 Å². The van der Waals surface area contributed by atoms with Gasteiger partial charge in [0.25, 0.3) is 0 Å². The number of nitrogens with zero attached hydrogens (tertiary/aromatic N) is 1. The monoisotopic (exact) mass is 391 g/mol. The Bertz CT molecular complexity index is 498. The molecule has 0 bridgehead atoms. The Balaban J connectivity index is 0.00000288. The van der Waals surface area contributed by atoms with E-state index < -0.39 is 0 Å². The first-order chi connectivity index (χ1) is 11.1. The molecule has 2 rings (SSSR count). The van der Waals surface area contributed by atoms with Crippen LogP contribution in [0, 0.1) is 11.8 Å². The van der Waals surface area contributed by atoms with Crippen LogP contribution in [-0.2, 0) is 11.3 Å². The Morgan fingerprint density at radius 1 is 1.24 bits per heavy atom. The van der Waals surface area contributed by atoms with Gasteiger partial charge in [-0.2, -0.15) is 0 Å². The summed E-state index contributed by atoms with van der Waals surface area (Å²) >= 11 is 0. The van der Waals surface area contributed by atoms with Gasteiger partial charge in [0.2, 0.25) is 5.91 Å². The van der Waals surface area contributed by atoms with Gasteiger partial charge in [-0.3, -0.25) is 4.79 Å². The molecule has 0 aliphatic heterocycles. The van der Waals surface area contributed by atoms with Crippen molar-refractivity contribution in [1.29, 1.82) is 0 Å². The fourth-order valence-electron chi connectivity index (χ4n) is 3.03. The molecule has 1 amide bonds. The molecule has 0 saturated heterocycles. The van der Waals surface area contributed by atoms with Crippen LogP contribution in [0.4, 0.5) is 0 Å². The van der Waals surface area contributed by atoms with Crippen molar-refractivity contribution >= 4 is 30.7 Å². The molecule has 1 saturated carbocycles. The molecule has 1 fully saturated rings. The van der Waals surface area contributed by atoms with Crippen molar-refractivity contribution in [2.45, 2.75) is 25.8 Å². The highest BCUT2D eigenvalue weighted by molar-refractivity contribution is 5.85. The number of hydrogen-bond acceptors (Lipinski definition) is 4. The number of rotatable bonds is 8. The number of amides is 1. The summed E-state index contributed by atoms with van der Waals surface area (Å²) in [5.41, 5.74) is 6.83. The van der Waals surface area contributed by atoms with E-state index in [2.05, 4.69) is 10.2 Å². The normalized spacial score (nSPS) is 19.0. The molecule has 25 heavy (non-hydrogen) atoms. The Morgan fingerprint density at radius 2 is 1.92 bits per heavy atom. The van der Waals surface area contributed by atoms with Gasteiger partial charge in [0.15, 0.2) is 0 Å². The SMILES string of the molecule is CN(C)CCOc1ccc(CNC(=O)[C@@H]2CCC[C@@H]2CN)cc1.Cl.Cl. The number of hydrogen-bond donors (Lipinski definition) is 2. The average Bonchev–Trinajstić information content (AvgIpc) is 3.02. The molecule has 1 aromatic rings.